The largest absolute Gasteiger partial charge is 0.469 e. The lowest BCUT2D eigenvalue weighted by molar-refractivity contribution is 0.310. The number of furan rings is 1. The van der Waals surface area contributed by atoms with Gasteiger partial charge >= 0.3 is 0 Å². The van der Waals surface area contributed by atoms with Crippen LogP contribution in [-0.2, 0) is 6.42 Å². The Morgan fingerprint density at radius 2 is 2.12 bits per heavy atom. The molecule has 90 valence electrons. The molecule has 2 nitrogen and oxygen atoms in total. The molecular weight excluding hydrogens is 198 g/mol. The molecule has 1 heterocycles. The van der Waals surface area contributed by atoms with E-state index in [0.717, 1.165) is 24.5 Å². The molecule has 1 aromatic heterocycles. The minimum Gasteiger partial charge on any atom is -0.469 e. The van der Waals surface area contributed by atoms with E-state index in [4.69, 9.17) is 10.2 Å². The third-order valence-corrected chi connectivity index (χ3v) is 3.70. The molecule has 2 rings (SSSR count). The molecule has 1 saturated carbocycles. The van der Waals surface area contributed by atoms with Crippen molar-refractivity contribution in [3.63, 3.8) is 0 Å². The monoisotopic (exact) mass is 221 g/mol. The summed E-state index contributed by atoms with van der Waals surface area (Å²) in [7, 11) is 0. The van der Waals surface area contributed by atoms with Crippen molar-refractivity contribution in [3.05, 3.63) is 24.2 Å². The van der Waals surface area contributed by atoms with Gasteiger partial charge < -0.3 is 10.2 Å². The summed E-state index contributed by atoms with van der Waals surface area (Å²) in [5.74, 6) is 1.96. The van der Waals surface area contributed by atoms with Crippen molar-refractivity contribution in [2.45, 2.75) is 57.4 Å². The highest BCUT2D eigenvalue weighted by atomic mass is 16.3. The van der Waals surface area contributed by atoms with Gasteiger partial charge in [0.1, 0.15) is 5.76 Å². The second-order valence-corrected chi connectivity index (χ2v) is 5.12. The lowest BCUT2D eigenvalue weighted by Gasteiger charge is -2.24. The molecule has 0 bridgehead atoms. The summed E-state index contributed by atoms with van der Waals surface area (Å²) in [6.45, 7) is 0. The highest BCUT2D eigenvalue weighted by Crippen LogP contribution is 2.27. The zero-order valence-corrected chi connectivity index (χ0v) is 10.0. The minimum atomic E-state index is 0.355. The van der Waals surface area contributed by atoms with Crippen LogP contribution in [0.3, 0.4) is 0 Å². The standard InChI is InChI=1S/C14H23NO/c15-13(8-9-14-7-4-10-16-14)11-12-5-2-1-3-6-12/h4,7,10,12-13H,1-3,5-6,8-9,11,15H2. The van der Waals surface area contributed by atoms with E-state index in [1.807, 2.05) is 12.1 Å². The molecule has 1 fully saturated rings. The van der Waals surface area contributed by atoms with Crippen LogP contribution in [0.4, 0.5) is 0 Å². The zero-order chi connectivity index (χ0) is 11.2. The van der Waals surface area contributed by atoms with Gasteiger partial charge in [-0.25, -0.2) is 0 Å². The Morgan fingerprint density at radius 3 is 2.81 bits per heavy atom. The van der Waals surface area contributed by atoms with Gasteiger partial charge in [-0.15, -0.1) is 0 Å². The summed E-state index contributed by atoms with van der Waals surface area (Å²) < 4.78 is 5.32. The van der Waals surface area contributed by atoms with Gasteiger partial charge in [0.2, 0.25) is 0 Å². The van der Waals surface area contributed by atoms with Crippen molar-refractivity contribution in [3.8, 4) is 0 Å². The molecule has 0 amide bonds. The smallest absolute Gasteiger partial charge is 0.103 e. The summed E-state index contributed by atoms with van der Waals surface area (Å²) >= 11 is 0. The van der Waals surface area contributed by atoms with Crippen LogP contribution in [0.5, 0.6) is 0 Å². The Morgan fingerprint density at radius 1 is 1.31 bits per heavy atom. The van der Waals surface area contributed by atoms with Crippen LogP contribution in [-0.4, -0.2) is 6.04 Å². The Hall–Kier alpha value is -0.760. The average molecular weight is 221 g/mol. The molecule has 0 aliphatic heterocycles. The first-order valence-corrected chi connectivity index (χ1v) is 6.62. The second kappa shape index (κ2) is 6.09. The van der Waals surface area contributed by atoms with Crippen molar-refractivity contribution >= 4 is 0 Å². The maximum atomic E-state index is 6.18. The van der Waals surface area contributed by atoms with Crippen molar-refractivity contribution in [2.75, 3.05) is 0 Å². The van der Waals surface area contributed by atoms with Crippen molar-refractivity contribution in [1.29, 1.82) is 0 Å². The molecular formula is C14H23NO. The van der Waals surface area contributed by atoms with E-state index >= 15 is 0 Å². The maximum absolute atomic E-state index is 6.18. The van der Waals surface area contributed by atoms with E-state index in [2.05, 4.69) is 0 Å². The Bertz CT molecular complexity index is 275. The van der Waals surface area contributed by atoms with Crippen LogP contribution in [0.15, 0.2) is 22.8 Å². The molecule has 16 heavy (non-hydrogen) atoms. The Labute approximate surface area is 98.2 Å². The SMILES string of the molecule is NC(CCc1ccco1)CC1CCCCC1. The van der Waals surface area contributed by atoms with Gasteiger partial charge in [-0.05, 0) is 30.9 Å². The van der Waals surface area contributed by atoms with Crippen LogP contribution in [0.25, 0.3) is 0 Å². The van der Waals surface area contributed by atoms with Crippen LogP contribution in [0, 0.1) is 5.92 Å². The van der Waals surface area contributed by atoms with E-state index in [1.54, 1.807) is 6.26 Å². The van der Waals surface area contributed by atoms with Crippen LogP contribution < -0.4 is 5.73 Å². The number of nitrogens with two attached hydrogens (primary N) is 1. The van der Waals surface area contributed by atoms with Gasteiger partial charge in [-0.2, -0.15) is 0 Å². The zero-order valence-electron chi connectivity index (χ0n) is 10.0. The fourth-order valence-electron chi connectivity index (χ4n) is 2.75. The summed E-state index contributed by atoms with van der Waals surface area (Å²) in [6, 6.07) is 4.34. The fourth-order valence-corrected chi connectivity index (χ4v) is 2.75. The molecule has 1 atom stereocenters. The third kappa shape index (κ3) is 3.67. The van der Waals surface area contributed by atoms with Gasteiger partial charge in [0.05, 0.1) is 6.26 Å². The van der Waals surface area contributed by atoms with E-state index in [-0.39, 0.29) is 0 Å². The summed E-state index contributed by atoms with van der Waals surface area (Å²) in [5, 5.41) is 0. The molecule has 0 saturated heterocycles. The predicted molar refractivity (Wildman–Crippen MR) is 66.2 cm³/mol. The lowest BCUT2D eigenvalue weighted by atomic mass is 9.84. The summed E-state index contributed by atoms with van der Waals surface area (Å²) in [6.07, 6.45) is 12.0. The van der Waals surface area contributed by atoms with Gasteiger partial charge in [0.25, 0.3) is 0 Å². The molecule has 1 aliphatic rings. The number of hydrogen-bond donors (Lipinski definition) is 1. The normalized spacial score (nSPS) is 19.8. The Kier molecular flexibility index (Phi) is 4.46. The van der Waals surface area contributed by atoms with E-state index in [0.29, 0.717) is 6.04 Å². The molecule has 1 unspecified atom stereocenters. The van der Waals surface area contributed by atoms with Gasteiger partial charge in [-0.1, -0.05) is 32.1 Å². The van der Waals surface area contributed by atoms with Crippen LogP contribution >= 0.6 is 0 Å². The van der Waals surface area contributed by atoms with Gasteiger partial charge in [0, 0.05) is 12.5 Å². The molecule has 1 aromatic rings. The first kappa shape index (κ1) is 11.7. The molecule has 0 radical (unpaired) electrons. The lowest BCUT2D eigenvalue weighted by Crippen LogP contribution is -2.25. The van der Waals surface area contributed by atoms with Crippen molar-refractivity contribution in [1.82, 2.24) is 0 Å². The third-order valence-electron chi connectivity index (χ3n) is 3.70. The van der Waals surface area contributed by atoms with E-state index < -0.39 is 0 Å². The molecule has 0 spiro atoms. The van der Waals surface area contributed by atoms with Crippen LogP contribution in [0.2, 0.25) is 0 Å². The molecule has 0 aromatic carbocycles. The first-order chi connectivity index (χ1) is 7.84. The summed E-state index contributed by atoms with van der Waals surface area (Å²) in [4.78, 5) is 0. The van der Waals surface area contributed by atoms with E-state index in [1.165, 1.54) is 38.5 Å². The number of hydrogen-bond acceptors (Lipinski definition) is 2. The van der Waals surface area contributed by atoms with Crippen LogP contribution in [0.1, 0.15) is 50.7 Å². The predicted octanol–water partition coefficient (Wildman–Crippen LogP) is 3.51. The highest BCUT2D eigenvalue weighted by molar-refractivity contribution is 4.98. The maximum Gasteiger partial charge on any atom is 0.103 e. The van der Waals surface area contributed by atoms with Crippen molar-refractivity contribution < 1.29 is 4.42 Å². The fraction of sp³-hybridized carbons (Fsp3) is 0.714. The first-order valence-electron chi connectivity index (χ1n) is 6.62. The van der Waals surface area contributed by atoms with Crippen molar-refractivity contribution in [2.24, 2.45) is 11.7 Å². The molecule has 1 aliphatic carbocycles. The summed E-state index contributed by atoms with van der Waals surface area (Å²) in [5.41, 5.74) is 6.18. The highest BCUT2D eigenvalue weighted by Gasteiger charge is 2.16. The Balaban J connectivity index is 1.65. The molecule has 2 heteroatoms. The topological polar surface area (TPSA) is 39.2 Å². The van der Waals surface area contributed by atoms with Gasteiger partial charge in [0.15, 0.2) is 0 Å². The second-order valence-electron chi connectivity index (χ2n) is 5.12. The quantitative estimate of drug-likeness (QED) is 0.826. The molecule has 2 N–H and O–H groups in total. The number of aryl methyl sites for hydroxylation is 1. The van der Waals surface area contributed by atoms with Gasteiger partial charge in [-0.3, -0.25) is 0 Å². The minimum absolute atomic E-state index is 0.355. The average Bonchev–Trinajstić information content (AvgIpc) is 2.81. The van der Waals surface area contributed by atoms with E-state index in [9.17, 15) is 0 Å². The number of rotatable bonds is 5.